The number of nitrogens with two attached hydrogens (primary N) is 2. The maximum atomic E-state index is 13.4. The molecular formula is C13H18FN3O3S. The predicted octanol–water partition coefficient (Wildman–Crippen LogP) is 0.170. The molecule has 4 N–H and O–H groups in total. The fourth-order valence-electron chi connectivity index (χ4n) is 2.41. The maximum Gasteiger partial charge on any atom is 0.243 e. The number of carbonyl (C=O) groups is 1. The van der Waals surface area contributed by atoms with Crippen molar-refractivity contribution in [2.45, 2.75) is 24.3 Å². The van der Waals surface area contributed by atoms with Gasteiger partial charge in [0.15, 0.2) is 0 Å². The van der Waals surface area contributed by atoms with Crippen molar-refractivity contribution in [3.8, 4) is 0 Å². The van der Waals surface area contributed by atoms with Crippen LogP contribution in [0.1, 0.15) is 18.4 Å². The van der Waals surface area contributed by atoms with Gasteiger partial charge in [-0.15, -0.1) is 0 Å². The predicted molar refractivity (Wildman–Crippen MR) is 75.0 cm³/mol. The number of piperidine rings is 1. The van der Waals surface area contributed by atoms with E-state index >= 15 is 0 Å². The van der Waals surface area contributed by atoms with E-state index < -0.39 is 27.7 Å². The smallest absolute Gasteiger partial charge is 0.243 e. The van der Waals surface area contributed by atoms with Crippen molar-refractivity contribution in [3.63, 3.8) is 0 Å². The lowest BCUT2D eigenvalue weighted by Gasteiger charge is -2.30. The summed E-state index contributed by atoms with van der Waals surface area (Å²) in [4.78, 5) is 11.2. The monoisotopic (exact) mass is 315 g/mol. The third-order valence-corrected chi connectivity index (χ3v) is 5.52. The van der Waals surface area contributed by atoms with Crippen molar-refractivity contribution < 1.29 is 17.6 Å². The van der Waals surface area contributed by atoms with Crippen LogP contribution in [0.2, 0.25) is 0 Å². The van der Waals surface area contributed by atoms with E-state index in [1.807, 2.05) is 0 Å². The Balaban J connectivity index is 2.31. The van der Waals surface area contributed by atoms with Crippen molar-refractivity contribution in [1.82, 2.24) is 4.31 Å². The normalized spacial score (nSPS) is 20.4. The van der Waals surface area contributed by atoms with Gasteiger partial charge in [-0.2, -0.15) is 4.31 Å². The molecular weight excluding hydrogens is 297 g/mol. The minimum Gasteiger partial charge on any atom is -0.369 e. The van der Waals surface area contributed by atoms with E-state index in [1.165, 1.54) is 16.4 Å². The van der Waals surface area contributed by atoms with Crippen molar-refractivity contribution in [2.75, 3.05) is 13.1 Å². The molecule has 1 aliphatic heterocycles. The van der Waals surface area contributed by atoms with E-state index in [4.69, 9.17) is 11.5 Å². The number of amides is 1. The molecule has 0 saturated carbocycles. The van der Waals surface area contributed by atoms with Gasteiger partial charge < -0.3 is 11.5 Å². The molecule has 1 aromatic rings. The Morgan fingerprint density at radius 1 is 1.43 bits per heavy atom. The third kappa shape index (κ3) is 3.22. The van der Waals surface area contributed by atoms with Gasteiger partial charge in [0.05, 0.1) is 10.8 Å². The van der Waals surface area contributed by atoms with E-state index in [2.05, 4.69) is 0 Å². The Labute approximate surface area is 123 Å². The summed E-state index contributed by atoms with van der Waals surface area (Å²) in [6.07, 6.45) is 1.15. The van der Waals surface area contributed by atoms with Crippen molar-refractivity contribution >= 4 is 15.9 Å². The number of nitrogens with zero attached hydrogens (tertiary/aromatic N) is 1. The lowest BCUT2D eigenvalue weighted by Crippen LogP contribution is -2.44. The van der Waals surface area contributed by atoms with E-state index in [-0.39, 0.29) is 23.5 Å². The van der Waals surface area contributed by atoms with Crippen LogP contribution in [0.5, 0.6) is 0 Å². The van der Waals surface area contributed by atoms with E-state index in [9.17, 15) is 17.6 Å². The molecule has 0 aliphatic carbocycles. The van der Waals surface area contributed by atoms with Crippen LogP contribution in [0.3, 0.4) is 0 Å². The Morgan fingerprint density at radius 3 is 2.76 bits per heavy atom. The molecule has 1 saturated heterocycles. The number of sulfonamides is 1. The van der Waals surface area contributed by atoms with E-state index in [0.29, 0.717) is 19.4 Å². The molecule has 0 bridgehead atoms. The number of benzene rings is 1. The largest absolute Gasteiger partial charge is 0.369 e. The Kier molecular flexibility index (Phi) is 4.60. The molecule has 1 fully saturated rings. The second-order valence-electron chi connectivity index (χ2n) is 5.06. The van der Waals surface area contributed by atoms with Gasteiger partial charge in [0, 0.05) is 25.2 Å². The first kappa shape index (κ1) is 15.9. The number of rotatable bonds is 4. The van der Waals surface area contributed by atoms with Crippen LogP contribution >= 0.6 is 0 Å². The Bertz CT molecular complexity index is 648. The summed E-state index contributed by atoms with van der Waals surface area (Å²) < 4.78 is 39.7. The minimum atomic E-state index is -3.77. The van der Waals surface area contributed by atoms with Gasteiger partial charge >= 0.3 is 0 Å². The number of halogens is 1. The third-order valence-electron chi connectivity index (χ3n) is 3.66. The number of primary amides is 1. The zero-order valence-corrected chi connectivity index (χ0v) is 12.3. The molecule has 2 rings (SSSR count). The molecule has 21 heavy (non-hydrogen) atoms. The lowest BCUT2D eigenvalue weighted by atomic mass is 9.99. The van der Waals surface area contributed by atoms with Crippen LogP contribution in [0.15, 0.2) is 23.1 Å². The fourth-order valence-corrected chi connectivity index (χ4v) is 3.99. The standard InChI is InChI=1S/C13H18FN3O3S/c14-12-4-3-11(6-10(12)7-15)21(19,20)17-5-1-2-9(8-17)13(16)18/h3-4,6,9H,1-2,5,7-8,15H2,(H2,16,18). The summed E-state index contributed by atoms with van der Waals surface area (Å²) in [5, 5.41) is 0. The summed E-state index contributed by atoms with van der Waals surface area (Å²) in [5.41, 5.74) is 10.8. The zero-order chi connectivity index (χ0) is 15.6. The average Bonchev–Trinajstić information content (AvgIpc) is 2.47. The Hall–Kier alpha value is -1.51. The molecule has 0 spiro atoms. The Morgan fingerprint density at radius 2 is 2.14 bits per heavy atom. The quantitative estimate of drug-likeness (QED) is 0.826. The van der Waals surface area contributed by atoms with E-state index in [0.717, 1.165) is 6.07 Å². The van der Waals surface area contributed by atoms with Crippen molar-refractivity contribution in [2.24, 2.45) is 17.4 Å². The van der Waals surface area contributed by atoms with Gasteiger partial charge in [0.2, 0.25) is 15.9 Å². The summed E-state index contributed by atoms with van der Waals surface area (Å²) in [5.74, 6) is -1.52. The molecule has 1 atom stereocenters. The number of hydrogen-bond acceptors (Lipinski definition) is 4. The van der Waals surface area contributed by atoms with Crippen LogP contribution < -0.4 is 11.5 Å². The topological polar surface area (TPSA) is 106 Å². The fraction of sp³-hybridized carbons (Fsp3) is 0.462. The van der Waals surface area contributed by atoms with Crippen LogP contribution in [0.4, 0.5) is 4.39 Å². The molecule has 0 aromatic heterocycles. The van der Waals surface area contributed by atoms with Gasteiger partial charge in [0.1, 0.15) is 5.82 Å². The molecule has 1 unspecified atom stereocenters. The summed E-state index contributed by atoms with van der Waals surface area (Å²) in [6, 6.07) is 3.53. The van der Waals surface area contributed by atoms with Gasteiger partial charge in [-0.25, -0.2) is 12.8 Å². The highest BCUT2D eigenvalue weighted by atomic mass is 32.2. The number of carbonyl (C=O) groups excluding carboxylic acids is 1. The van der Waals surface area contributed by atoms with Crippen LogP contribution in [0, 0.1) is 11.7 Å². The molecule has 6 nitrogen and oxygen atoms in total. The van der Waals surface area contributed by atoms with E-state index in [1.54, 1.807) is 0 Å². The van der Waals surface area contributed by atoms with Crippen LogP contribution in [-0.2, 0) is 21.4 Å². The lowest BCUT2D eigenvalue weighted by molar-refractivity contribution is -0.122. The van der Waals surface area contributed by atoms with Gasteiger partial charge in [-0.1, -0.05) is 0 Å². The molecule has 1 heterocycles. The molecule has 1 aromatic carbocycles. The summed E-state index contributed by atoms with van der Waals surface area (Å²) >= 11 is 0. The maximum absolute atomic E-state index is 13.4. The molecule has 1 amide bonds. The van der Waals surface area contributed by atoms with Gasteiger partial charge in [-0.05, 0) is 31.0 Å². The summed E-state index contributed by atoms with van der Waals surface area (Å²) in [7, 11) is -3.77. The van der Waals surface area contributed by atoms with Crippen molar-refractivity contribution in [3.05, 3.63) is 29.6 Å². The SMILES string of the molecule is NCc1cc(S(=O)(=O)N2CCCC(C(N)=O)C2)ccc1F. The summed E-state index contributed by atoms with van der Waals surface area (Å²) in [6.45, 7) is 0.299. The first-order valence-corrected chi connectivity index (χ1v) is 8.08. The number of hydrogen-bond donors (Lipinski definition) is 2. The highest BCUT2D eigenvalue weighted by Gasteiger charge is 2.32. The first-order valence-electron chi connectivity index (χ1n) is 6.64. The average molecular weight is 315 g/mol. The molecule has 116 valence electrons. The van der Waals surface area contributed by atoms with Crippen molar-refractivity contribution in [1.29, 1.82) is 0 Å². The molecule has 1 aliphatic rings. The van der Waals surface area contributed by atoms with Gasteiger partial charge in [0.25, 0.3) is 0 Å². The zero-order valence-electron chi connectivity index (χ0n) is 11.5. The highest BCUT2D eigenvalue weighted by Crippen LogP contribution is 2.24. The second-order valence-corrected chi connectivity index (χ2v) is 7.00. The second kappa shape index (κ2) is 6.08. The van der Waals surface area contributed by atoms with Gasteiger partial charge in [-0.3, -0.25) is 4.79 Å². The van der Waals surface area contributed by atoms with Crippen LogP contribution in [0.25, 0.3) is 0 Å². The highest BCUT2D eigenvalue weighted by molar-refractivity contribution is 7.89. The van der Waals surface area contributed by atoms with Crippen LogP contribution in [-0.4, -0.2) is 31.7 Å². The molecule has 0 radical (unpaired) electrons. The minimum absolute atomic E-state index is 0.0190. The first-order chi connectivity index (χ1) is 9.86. The molecule has 8 heteroatoms.